The molecule has 0 radical (unpaired) electrons. The minimum Gasteiger partial charge on any atom is -0.313 e. The summed E-state index contributed by atoms with van der Waals surface area (Å²) < 4.78 is 28.0. The molecule has 0 amide bonds. The minimum absolute atomic E-state index is 0.287. The van der Waals surface area contributed by atoms with Crippen LogP contribution < -0.4 is 10.0 Å². The van der Waals surface area contributed by atoms with Crippen LogP contribution in [0.25, 0.3) is 0 Å². The Bertz CT molecular complexity index is 681. The zero-order valence-corrected chi connectivity index (χ0v) is 14.8. The molecule has 1 aromatic carbocycles. The van der Waals surface area contributed by atoms with Crippen LogP contribution in [0.3, 0.4) is 0 Å². The minimum atomic E-state index is -3.47. The smallest absolute Gasteiger partial charge is 0.240 e. The van der Waals surface area contributed by atoms with E-state index in [2.05, 4.69) is 26.0 Å². The molecule has 0 atom stereocenters. The molecule has 21 heavy (non-hydrogen) atoms. The van der Waals surface area contributed by atoms with Crippen LogP contribution >= 0.6 is 27.3 Å². The highest BCUT2D eigenvalue weighted by molar-refractivity contribution is 9.10. The predicted octanol–water partition coefficient (Wildman–Crippen LogP) is 3.10. The zero-order valence-electron chi connectivity index (χ0n) is 11.6. The van der Waals surface area contributed by atoms with E-state index in [-0.39, 0.29) is 4.90 Å². The van der Waals surface area contributed by atoms with Crippen molar-refractivity contribution in [3.8, 4) is 0 Å². The highest BCUT2D eigenvalue weighted by Gasteiger charge is 2.14. The van der Waals surface area contributed by atoms with Crippen molar-refractivity contribution in [2.24, 2.45) is 0 Å². The molecule has 0 saturated carbocycles. The average molecular weight is 389 g/mol. The Hall–Kier alpha value is -0.730. The average Bonchev–Trinajstić information content (AvgIpc) is 2.89. The lowest BCUT2D eigenvalue weighted by molar-refractivity contribution is 0.581. The molecule has 2 rings (SSSR count). The fraction of sp³-hybridized carbons (Fsp3) is 0.286. The van der Waals surface area contributed by atoms with Crippen molar-refractivity contribution < 1.29 is 8.42 Å². The molecular formula is C14H17BrN2O2S2. The van der Waals surface area contributed by atoms with E-state index in [4.69, 9.17) is 0 Å². The molecule has 7 heteroatoms. The third-order valence-electron chi connectivity index (χ3n) is 2.93. The van der Waals surface area contributed by atoms with E-state index in [1.807, 2.05) is 30.5 Å². The number of hydrogen-bond acceptors (Lipinski definition) is 4. The van der Waals surface area contributed by atoms with Crippen molar-refractivity contribution >= 4 is 37.3 Å². The van der Waals surface area contributed by atoms with Gasteiger partial charge in [0.25, 0.3) is 0 Å². The molecule has 0 aliphatic carbocycles. The van der Waals surface area contributed by atoms with Gasteiger partial charge in [0, 0.05) is 22.4 Å². The number of benzene rings is 1. The number of rotatable bonds is 7. The lowest BCUT2D eigenvalue weighted by atomic mass is 10.2. The maximum Gasteiger partial charge on any atom is 0.240 e. The molecule has 1 heterocycles. The number of thiophene rings is 1. The van der Waals surface area contributed by atoms with E-state index < -0.39 is 10.0 Å². The maximum absolute atomic E-state index is 12.2. The Morgan fingerprint density at radius 3 is 2.43 bits per heavy atom. The third-order valence-corrected chi connectivity index (χ3v) is 6.27. The van der Waals surface area contributed by atoms with Crippen LogP contribution in [0.2, 0.25) is 0 Å². The topological polar surface area (TPSA) is 58.2 Å². The van der Waals surface area contributed by atoms with Crippen molar-refractivity contribution in [1.82, 2.24) is 10.0 Å². The molecule has 0 aliphatic heterocycles. The summed E-state index contributed by atoms with van der Waals surface area (Å²) in [7, 11) is -3.47. The summed E-state index contributed by atoms with van der Waals surface area (Å²) in [5, 5.41) is 5.12. The molecule has 114 valence electrons. The van der Waals surface area contributed by atoms with Crippen LogP contribution in [0.15, 0.2) is 45.1 Å². The van der Waals surface area contributed by atoms with Gasteiger partial charge in [-0.25, -0.2) is 13.1 Å². The molecule has 0 saturated heterocycles. The molecule has 0 fully saturated rings. The summed E-state index contributed by atoms with van der Waals surface area (Å²) in [5.41, 5.74) is 1.07. The fourth-order valence-corrected chi connectivity index (χ4v) is 4.27. The Labute approximate surface area is 137 Å². The molecule has 0 unspecified atom stereocenters. The van der Waals surface area contributed by atoms with Crippen LogP contribution in [0.1, 0.15) is 17.4 Å². The van der Waals surface area contributed by atoms with E-state index in [1.165, 1.54) is 11.3 Å². The van der Waals surface area contributed by atoms with Crippen molar-refractivity contribution in [2.45, 2.75) is 24.9 Å². The Balaban J connectivity index is 2.03. The Morgan fingerprint density at radius 1 is 1.14 bits per heavy atom. The van der Waals surface area contributed by atoms with Crippen LogP contribution in [0.4, 0.5) is 0 Å². The van der Waals surface area contributed by atoms with Crippen LogP contribution in [-0.4, -0.2) is 15.0 Å². The van der Waals surface area contributed by atoms with E-state index >= 15 is 0 Å². The maximum atomic E-state index is 12.2. The fourth-order valence-electron chi connectivity index (χ4n) is 1.75. The largest absolute Gasteiger partial charge is 0.313 e. The van der Waals surface area contributed by atoms with Crippen LogP contribution in [0.5, 0.6) is 0 Å². The highest BCUT2D eigenvalue weighted by atomic mass is 79.9. The summed E-state index contributed by atoms with van der Waals surface area (Å²) in [4.78, 5) is 1.25. The van der Waals surface area contributed by atoms with Crippen LogP contribution in [0, 0.1) is 0 Å². The lowest BCUT2D eigenvalue weighted by Gasteiger charge is -2.07. The van der Waals surface area contributed by atoms with Gasteiger partial charge in [0.2, 0.25) is 10.0 Å². The molecule has 0 aliphatic rings. The van der Waals surface area contributed by atoms with E-state index in [0.29, 0.717) is 6.54 Å². The second kappa shape index (κ2) is 7.51. The van der Waals surface area contributed by atoms with Gasteiger partial charge in [-0.05, 0) is 51.6 Å². The first-order valence-electron chi connectivity index (χ1n) is 6.54. The Morgan fingerprint density at radius 2 is 1.86 bits per heavy atom. The van der Waals surface area contributed by atoms with Gasteiger partial charge >= 0.3 is 0 Å². The number of hydrogen-bond donors (Lipinski definition) is 2. The number of sulfonamides is 1. The lowest BCUT2D eigenvalue weighted by Crippen LogP contribution is -2.23. The van der Waals surface area contributed by atoms with E-state index in [1.54, 1.807) is 12.1 Å². The van der Waals surface area contributed by atoms with Gasteiger partial charge < -0.3 is 5.32 Å². The van der Waals surface area contributed by atoms with Crippen molar-refractivity contribution in [3.05, 3.63) is 50.6 Å². The summed E-state index contributed by atoms with van der Waals surface area (Å²) in [6.07, 6.45) is 0. The molecule has 0 bridgehead atoms. The van der Waals surface area contributed by atoms with Gasteiger partial charge in [-0.1, -0.05) is 19.1 Å². The van der Waals surface area contributed by atoms with Gasteiger partial charge in [-0.2, -0.15) is 0 Å². The first-order chi connectivity index (χ1) is 10.0. The molecule has 1 aromatic heterocycles. The third kappa shape index (κ3) is 4.62. The summed E-state index contributed by atoms with van der Waals surface area (Å²) in [6.45, 7) is 3.95. The van der Waals surface area contributed by atoms with Gasteiger partial charge in [0.05, 0.1) is 4.90 Å². The van der Waals surface area contributed by atoms with Crippen molar-refractivity contribution in [3.63, 3.8) is 0 Å². The molecule has 2 N–H and O–H groups in total. The van der Waals surface area contributed by atoms with Gasteiger partial charge in [-0.15, -0.1) is 11.3 Å². The zero-order chi connectivity index (χ0) is 15.3. The molecule has 2 aromatic rings. The summed E-state index contributed by atoms with van der Waals surface area (Å²) in [5.74, 6) is 0. The highest BCUT2D eigenvalue weighted by Crippen LogP contribution is 2.23. The van der Waals surface area contributed by atoms with Crippen molar-refractivity contribution in [2.75, 3.05) is 6.54 Å². The second-order valence-electron chi connectivity index (χ2n) is 4.44. The van der Waals surface area contributed by atoms with Crippen molar-refractivity contribution in [1.29, 1.82) is 0 Å². The second-order valence-corrected chi connectivity index (χ2v) is 8.06. The number of nitrogens with one attached hydrogen (secondary N) is 2. The summed E-state index contributed by atoms with van der Waals surface area (Å²) in [6, 6.07) is 8.84. The molecule has 0 spiro atoms. The van der Waals surface area contributed by atoms with Gasteiger partial charge in [0.15, 0.2) is 0 Å². The SMILES string of the molecule is CCNCc1ccc(S(=O)(=O)NCc2sccc2Br)cc1. The molecular weight excluding hydrogens is 372 g/mol. The van der Waals surface area contributed by atoms with Crippen LogP contribution in [-0.2, 0) is 23.1 Å². The normalized spacial score (nSPS) is 11.7. The van der Waals surface area contributed by atoms with Gasteiger partial charge in [-0.3, -0.25) is 0 Å². The number of halogens is 1. The van der Waals surface area contributed by atoms with E-state index in [0.717, 1.165) is 28.0 Å². The first kappa shape index (κ1) is 16.6. The first-order valence-corrected chi connectivity index (χ1v) is 9.69. The standard InChI is InChI=1S/C14H17BrN2O2S2/c1-2-16-9-11-3-5-12(6-4-11)21(18,19)17-10-14-13(15)7-8-20-14/h3-8,16-17H,2,9-10H2,1H3. The van der Waals surface area contributed by atoms with E-state index in [9.17, 15) is 8.42 Å². The Kier molecular flexibility index (Phi) is 5.95. The quantitative estimate of drug-likeness (QED) is 0.765. The molecule has 4 nitrogen and oxygen atoms in total. The summed E-state index contributed by atoms with van der Waals surface area (Å²) >= 11 is 4.91. The van der Waals surface area contributed by atoms with Gasteiger partial charge in [0.1, 0.15) is 0 Å². The monoisotopic (exact) mass is 388 g/mol. The predicted molar refractivity (Wildman–Crippen MR) is 89.9 cm³/mol.